The van der Waals surface area contributed by atoms with E-state index in [4.69, 9.17) is 9.15 Å². The SMILES string of the molecule is O=C(/C=C/c1ccco1)c1ccc(N2CCOCC2)cc1. The summed E-state index contributed by atoms with van der Waals surface area (Å²) in [6.07, 6.45) is 4.79. The van der Waals surface area contributed by atoms with Crippen molar-refractivity contribution in [3.8, 4) is 0 Å². The quantitative estimate of drug-likeness (QED) is 0.639. The predicted molar refractivity (Wildman–Crippen MR) is 81.5 cm³/mol. The van der Waals surface area contributed by atoms with E-state index < -0.39 is 0 Å². The second kappa shape index (κ2) is 6.41. The molecular formula is C17H17NO3. The molecule has 0 atom stereocenters. The lowest BCUT2D eigenvalue weighted by Crippen LogP contribution is -2.36. The minimum atomic E-state index is -0.0278. The van der Waals surface area contributed by atoms with Crippen LogP contribution in [0.2, 0.25) is 0 Å². The summed E-state index contributed by atoms with van der Waals surface area (Å²) in [7, 11) is 0. The van der Waals surface area contributed by atoms with Crippen molar-refractivity contribution in [2.24, 2.45) is 0 Å². The highest BCUT2D eigenvalue weighted by Gasteiger charge is 2.11. The maximum atomic E-state index is 12.1. The smallest absolute Gasteiger partial charge is 0.185 e. The number of furan rings is 1. The number of hydrogen-bond acceptors (Lipinski definition) is 4. The van der Waals surface area contributed by atoms with E-state index in [1.165, 1.54) is 6.08 Å². The molecule has 0 bridgehead atoms. The number of ketones is 1. The maximum absolute atomic E-state index is 12.1. The van der Waals surface area contributed by atoms with E-state index in [9.17, 15) is 4.79 Å². The van der Waals surface area contributed by atoms with Gasteiger partial charge in [0, 0.05) is 24.3 Å². The van der Waals surface area contributed by atoms with Gasteiger partial charge in [-0.1, -0.05) is 0 Å². The Morgan fingerprint density at radius 3 is 2.52 bits per heavy atom. The van der Waals surface area contributed by atoms with Crippen molar-refractivity contribution in [1.29, 1.82) is 0 Å². The number of carbonyl (C=O) groups excluding carboxylic acids is 1. The Bertz CT molecular complexity index is 608. The first-order valence-electron chi connectivity index (χ1n) is 7.01. The number of allylic oxidation sites excluding steroid dienone is 1. The summed E-state index contributed by atoms with van der Waals surface area (Å²) in [5, 5.41) is 0. The van der Waals surface area contributed by atoms with Gasteiger partial charge < -0.3 is 14.1 Å². The second-order valence-corrected chi connectivity index (χ2v) is 4.86. The van der Waals surface area contributed by atoms with Crippen LogP contribution in [0.5, 0.6) is 0 Å². The molecule has 1 saturated heterocycles. The van der Waals surface area contributed by atoms with Crippen molar-refractivity contribution >= 4 is 17.5 Å². The average Bonchev–Trinajstić information content (AvgIpc) is 3.07. The van der Waals surface area contributed by atoms with Crippen molar-refractivity contribution in [2.75, 3.05) is 31.2 Å². The Morgan fingerprint density at radius 2 is 1.86 bits per heavy atom. The zero-order valence-electron chi connectivity index (χ0n) is 11.7. The van der Waals surface area contributed by atoms with Crippen LogP contribution in [0.1, 0.15) is 16.1 Å². The molecule has 3 rings (SSSR count). The number of carbonyl (C=O) groups is 1. The van der Waals surface area contributed by atoms with Gasteiger partial charge in [0.05, 0.1) is 19.5 Å². The van der Waals surface area contributed by atoms with Crippen LogP contribution in [-0.4, -0.2) is 32.1 Å². The Hall–Kier alpha value is -2.33. The monoisotopic (exact) mass is 283 g/mol. The van der Waals surface area contributed by atoms with Gasteiger partial charge in [-0.05, 0) is 48.6 Å². The molecule has 1 aromatic carbocycles. The molecule has 1 fully saturated rings. The lowest BCUT2D eigenvalue weighted by Gasteiger charge is -2.28. The Balaban J connectivity index is 1.67. The molecule has 1 aliphatic heterocycles. The van der Waals surface area contributed by atoms with Crippen molar-refractivity contribution < 1.29 is 13.9 Å². The largest absolute Gasteiger partial charge is 0.465 e. The maximum Gasteiger partial charge on any atom is 0.185 e. The fourth-order valence-electron chi connectivity index (χ4n) is 2.30. The van der Waals surface area contributed by atoms with Gasteiger partial charge in [0.15, 0.2) is 5.78 Å². The van der Waals surface area contributed by atoms with Crippen LogP contribution >= 0.6 is 0 Å². The molecule has 0 unspecified atom stereocenters. The number of nitrogens with zero attached hydrogens (tertiary/aromatic N) is 1. The number of morpholine rings is 1. The van der Waals surface area contributed by atoms with Gasteiger partial charge >= 0.3 is 0 Å². The van der Waals surface area contributed by atoms with Gasteiger partial charge in [-0.2, -0.15) is 0 Å². The minimum absolute atomic E-state index is 0.0278. The number of rotatable bonds is 4. The first kappa shape index (κ1) is 13.6. The molecule has 2 heterocycles. The third kappa shape index (κ3) is 3.41. The van der Waals surface area contributed by atoms with Crippen LogP contribution in [-0.2, 0) is 4.74 Å². The molecule has 0 amide bonds. The Labute approximate surface area is 123 Å². The molecule has 0 spiro atoms. The topological polar surface area (TPSA) is 42.7 Å². The zero-order chi connectivity index (χ0) is 14.5. The van der Waals surface area contributed by atoms with Crippen LogP contribution in [0.25, 0.3) is 6.08 Å². The first-order valence-corrected chi connectivity index (χ1v) is 7.01. The van der Waals surface area contributed by atoms with Crippen LogP contribution < -0.4 is 4.90 Å². The van der Waals surface area contributed by atoms with E-state index in [1.807, 2.05) is 30.3 Å². The summed E-state index contributed by atoms with van der Waals surface area (Å²) in [5.74, 6) is 0.646. The molecule has 4 nitrogen and oxygen atoms in total. The van der Waals surface area contributed by atoms with Gasteiger partial charge in [0.25, 0.3) is 0 Å². The molecule has 2 aromatic rings. The van der Waals surface area contributed by atoms with E-state index in [1.54, 1.807) is 18.4 Å². The molecule has 0 radical (unpaired) electrons. The minimum Gasteiger partial charge on any atom is -0.465 e. The standard InChI is InChI=1S/C17H17NO3/c19-17(8-7-16-2-1-11-21-16)14-3-5-15(6-4-14)18-9-12-20-13-10-18/h1-8,11H,9-10,12-13H2/b8-7+. The highest BCUT2D eigenvalue weighted by molar-refractivity contribution is 6.06. The van der Waals surface area contributed by atoms with Crippen LogP contribution in [0.3, 0.4) is 0 Å². The number of benzene rings is 1. The van der Waals surface area contributed by atoms with Gasteiger partial charge in [0.1, 0.15) is 5.76 Å². The van der Waals surface area contributed by atoms with Crippen LogP contribution in [0.4, 0.5) is 5.69 Å². The van der Waals surface area contributed by atoms with E-state index in [0.29, 0.717) is 11.3 Å². The molecule has 0 aliphatic carbocycles. The summed E-state index contributed by atoms with van der Waals surface area (Å²) < 4.78 is 10.5. The fourth-order valence-corrected chi connectivity index (χ4v) is 2.30. The van der Waals surface area contributed by atoms with Crippen LogP contribution in [0, 0.1) is 0 Å². The van der Waals surface area contributed by atoms with E-state index in [-0.39, 0.29) is 5.78 Å². The highest BCUT2D eigenvalue weighted by Crippen LogP contribution is 2.17. The molecule has 108 valence electrons. The predicted octanol–water partition coefficient (Wildman–Crippen LogP) is 3.01. The third-order valence-corrected chi connectivity index (χ3v) is 3.47. The molecule has 1 aromatic heterocycles. The fraction of sp³-hybridized carbons (Fsp3) is 0.235. The van der Waals surface area contributed by atoms with Crippen LogP contribution in [0.15, 0.2) is 53.2 Å². The van der Waals surface area contributed by atoms with E-state index >= 15 is 0 Å². The molecule has 0 saturated carbocycles. The summed E-state index contributed by atoms with van der Waals surface area (Å²) in [6, 6.07) is 11.3. The molecular weight excluding hydrogens is 266 g/mol. The third-order valence-electron chi connectivity index (χ3n) is 3.47. The lowest BCUT2D eigenvalue weighted by atomic mass is 10.1. The number of ether oxygens (including phenoxy) is 1. The Morgan fingerprint density at radius 1 is 1.10 bits per heavy atom. The van der Waals surface area contributed by atoms with Gasteiger partial charge in [-0.15, -0.1) is 0 Å². The van der Waals surface area contributed by atoms with Crippen molar-refractivity contribution in [3.63, 3.8) is 0 Å². The normalized spacial score (nSPS) is 15.5. The van der Waals surface area contributed by atoms with Gasteiger partial charge in [-0.25, -0.2) is 0 Å². The molecule has 1 aliphatic rings. The van der Waals surface area contributed by atoms with Crippen molar-refractivity contribution in [3.05, 3.63) is 60.1 Å². The first-order chi connectivity index (χ1) is 10.3. The Kier molecular flexibility index (Phi) is 4.17. The lowest BCUT2D eigenvalue weighted by molar-refractivity contribution is 0.104. The highest BCUT2D eigenvalue weighted by atomic mass is 16.5. The number of hydrogen-bond donors (Lipinski definition) is 0. The summed E-state index contributed by atoms with van der Waals surface area (Å²) >= 11 is 0. The summed E-state index contributed by atoms with van der Waals surface area (Å²) in [5.41, 5.74) is 1.81. The van der Waals surface area contributed by atoms with E-state index in [2.05, 4.69) is 4.90 Å². The zero-order valence-corrected chi connectivity index (χ0v) is 11.7. The van der Waals surface area contributed by atoms with Gasteiger partial charge in [0.2, 0.25) is 0 Å². The average molecular weight is 283 g/mol. The van der Waals surface area contributed by atoms with Crippen molar-refractivity contribution in [1.82, 2.24) is 0 Å². The molecule has 4 heteroatoms. The number of anilines is 1. The second-order valence-electron chi connectivity index (χ2n) is 4.86. The summed E-state index contributed by atoms with van der Waals surface area (Å²) in [4.78, 5) is 14.3. The van der Waals surface area contributed by atoms with Crippen molar-refractivity contribution in [2.45, 2.75) is 0 Å². The summed E-state index contributed by atoms with van der Waals surface area (Å²) in [6.45, 7) is 3.30. The molecule has 21 heavy (non-hydrogen) atoms. The van der Waals surface area contributed by atoms with Gasteiger partial charge in [-0.3, -0.25) is 4.79 Å². The van der Waals surface area contributed by atoms with E-state index in [0.717, 1.165) is 32.0 Å². The molecule has 0 N–H and O–H groups in total.